The fraction of sp³-hybridized carbons (Fsp3) is 0.364. The quantitative estimate of drug-likeness (QED) is 0.582. The first kappa shape index (κ1) is 12.8. The van der Waals surface area contributed by atoms with Crippen LogP contribution < -0.4 is 10.5 Å². The molecule has 1 rings (SSSR count). The van der Waals surface area contributed by atoms with Crippen LogP contribution in [0, 0.1) is 0 Å². The smallest absolute Gasteiger partial charge is 0.252 e. The lowest BCUT2D eigenvalue weighted by Crippen LogP contribution is -2.14. The van der Waals surface area contributed by atoms with Crippen LogP contribution in [0.4, 0.5) is 0 Å². The molecule has 88 valence electrons. The Morgan fingerprint density at radius 3 is 2.69 bits per heavy atom. The fourth-order valence-electron chi connectivity index (χ4n) is 1.16. The Labute approximate surface area is 99.3 Å². The van der Waals surface area contributed by atoms with Gasteiger partial charge in [0.2, 0.25) is 0 Å². The van der Waals surface area contributed by atoms with E-state index in [2.05, 4.69) is 0 Å². The van der Waals surface area contributed by atoms with Crippen molar-refractivity contribution >= 4 is 17.5 Å². The maximum absolute atomic E-state index is 11.1. The van der Waals surface area contributed by atoms with Crippen molar-refractivity contribution in [1.82, 2.24) is 0 Å². The molecule has 1 aromatic rings. The summed E-state index contributed by atoms with van der Waals surface area (Å²) in [6, 6.07) is 6.83. The fourth-order valence-corrected chi connectivity index (χ4v) is 1.27. The summed E-state index contributed by atoms with van der Waals surface area (Å²) in [6.45, 7) is 1.28. The Morgan fingerprint density at radius 2 is 2.00 bits per heavy atom. The van der Waals surface area contributed by atoms with Gasteiger partial charge in [-0.1, -0.05) is 12.1 Å². The van der Waals surface area contributed by atoms with E-state index in [4.69, 9.17) is 26.8 Å². The Bertz CT molecular complexity index is 344. The lowest BCUT2D eigenvalue weighted by Gasteiger charge is -2.09. The van der Waals surface area contributed by atoms with E-state index in [0.29, 0.717) is 37.0 Å². The molecule has 4 nitrogen and oxygen atoms in total. The van der Waals surface area contributed by atoms with E-state index >= 15 is 0 Å². The van der Waals surface area contributed by atoms with Gasteiger partial charge in [0.25, 0.3) is 5.91 Å². The van der Waals surface area contributed by atoms with Crippen molar-refractivity contribution in [3.05, 3.63) is 29.8 Å². The third kappa shape index (κ3) is 4.08. The van der Waals surface area contributed by atoms with Crippen LogP contribution in [0.25, 0.3) is 0 Å². The van der Waals surface area contributed by atoms with Gasteiger partial charge >= 0.3 is 0 Å². The molecule has 0 heterocycles. The van der Waals surface area contributed by atoms with Gasteiger partial charge in [-0.3, -0.25) is 4.79 Å². The largest absolute Gasteiger partial charge is 0.490 e. The summed E-state index contributed by atoms with van der Waals surface area (Å²) in [6.07, 6.45) is 0. The van der Waals surface area contributed by atoms with E-state index in [0.717, 1.165) is 0 Å². The number of benzene rings is 1. The molecule has 0 aliphatic carbocycles. The number of primary amides is 1. The van der Waals surface area contributed by atoms with E-state index in [9.17, 15) is 4.79 Å². The highest BCUT2D eigenvalue weighted by atomic mass is 35.5. The zero-order chi connectivity index (χ0) is 11.8. The normalized spacial score (nSPS) is 10.1. The predicted octanol–water partition coefficient (Wildman–Crippen LogP) is 1.42. The predicted molar refractivity (Wildman–Crippen MR) is 62.0 cm³/mol. The van der Waals surface area contributed by atoms with E-state index in [1.165, 1.54) is 0 Å². The molecule has 0 fully saturated rings. The number of nitrogens with two attached hydrogens (primary N) is 1. The zero-order valence-electron chi connectivity index (χ0n) is 8.82. The summed E-state index contributed by atoms with van der Waals surface area (Å²) >= 11 is 5.44. The number of hydrogen-bond acceptors (Lipinski definition) is 3. The third-order valence-electron chi connectivity index (χ3n) is 1.86. The molecule has 0 unspecified atom stereocenters. The molecule has 16 heavy (non-hydrogen) atoms. The SMILES string of the molecule is NC(=O)c1ccccc1OCCOCCCl. The Morgan fingerprint density at radius 1 is 1.25 bits per heavy atom. The monoisotopic (exact) mass is 243 g/mol. The molecule has 2 N–H and O–H groups in total. The second-order valence-corrected chi connectivity index (χ2v) is 3.39. The highest BCUT2D eigenvalue weighted by molar-refractivity contribution is 6.17. The van der Waals surface area contributed by atoms with Gasteiger partial charge in [-0.15, -0.1) is 11.6 Å². The standard InChI is InChI=1S/C11H14ClNO3/c12-5-6-15-7-8-16-10-4-2-1-3-9(10)11(13)14/h1-4H,5-8H2,(H2,13,14). The Kier molecular flexibility index (Phi) is 5.67. The van der Waals surface area contributed by atoms with Crippen molar-refractivity contribution in [2.75, 3.05) is 25.7 Å². The van der Waals surface area contributed by atoms with Gasteiger partial charge in [0, 0.05) is 5.88 Å². The number of carbonyl (C=O) groups excluding carboxylic acids is 1. The molecule has 0 saturated carbocycles. The number of hydrogen-bond donors (Lipinski definition) is 1. The molecular formula is C11H14ClNO3. The highest BCUT2D eigenvalue weighted by Gasteiger charge is 2.07. The third-order valence-corrected chi connectivity index (χ3v) is 2.01. The molecule has 0 spiro atoms. The summed E-state index contributed by atoms with van der Waals surface area (Å²) in [5, 5.41) is 0. The van der Waals surface area contributed by atoms with Crippen LogP contribution in [0.2, 0.25) is 0 Å². The topological polar surface area (TPSA) is 61.6 Å². The molecular weight excluding hydrogens is 230 g/mol. The summed E-state index contributed by atoms with van der Waals surface area (Å²) in [7, 11) is 0. The lowest BCUT2D eigenvalue weighted by atomic mass is 10.2. The van der Waals surface area contributed by atoms with Gasteiger partial charge < -0.3 is 15.2 Å². The molecule has 0 atom stereocenters. The van der Waals surface area contributed by atoms with Crippen LogP contribution in [0.5, 0.6) is 5.75 Å². The number of alkyl halides is 1. The van der Waals surface area contributed by atoms with Crippen molar-refractivity contribution in [3.8, 4) is 5.75 Å². The van der Waals surface area contributed by atoms with E-state index in [-0.39, 0.29) is 0 Å². The van der Waals surface area contributed by atoms with E-state index in [1.807, 2.05) is 0 Å². The van der Waals surface area contributed by atoms with Gasteiger partial charge in [-0.25, -0.2) is 0 Å². The van der Waals surface area contributed by atoms with Gasteiger partial charge in [0.15, 0.2) is 0 Å². The van der Waals surface area contributed by atoms with Gasteiger partial charge in [0.05, 0.1) is 18.8 Å². The van der Waals surface area contributed by atoms with Crippen LogP contribution in [-0.4, -0.2) is 31.6 Å². The number of para-hydroxylation sites is 1. The molecule has 0 aliphatic heterocycles. The van der Waals surface area contributed by atoms with Gasteiger partial charge in [-0.05, 0) is 12.1 Å². The van der Waals surface area contributed by atoms with Crippen LogP contribution in [0.1, 0.15) is 10.4 Å². The number of amides is 1. The van der Waals surface area contributed by atoms with Crippen molar-refractivity contribution < 1.29 is 14.3 Å². The number of halogens is 1. The Hall–Kier alpha value is -1.26. The average Bonchev–Trinajstić information content (AvgIpc) is 2.29. The molecule has 1 aromatic carbocycles. The van der Waals surface area contributed by atoms with Gasteiger partial charge in [-0.2, -0.15) is 0 Å². The van der Waals surface area contributed by atoms with Crippen molar-refractivity contribution in [2.24, 2.45) is 5.73 Å². The average molecular weight is 244 g/mol. The molecule has 0 bridgehead atoms. The maximum atomic E-state index is 11.1. The van der Waals surface area contributed by atoms with Crippen LogP contribution >= 0.6 is 11.6 Å². The first-order valence-corrected chi connectivity index (χ1v) is 5.44. The van der Waals surface area contributed by atoms with Crippen molar-refractivity contribution in [1.29, 1.82) is 0 Å². The van der Waals surface area contributed by atoms with Crippen LogP contribution in [-0.2, 0) is 4.74 Å². The first-order chi connectivity index (χ1) is 7.75. The summed E-state index contributed by atoms with van der Waals surface area (Å²) in [5.41, 5.74) is 5.57. The second-order valence-electron chi connectivity index (χ2n) is 3.01. The first-order valence-electron chi connectivity index (χ1n) is 4.91. The second kappa shape index (κ2) is 7.09. The zero-order valence-corrected chi connectivity index (χ0v) is 9.57. The molecule has 0 radical (unpaired) electrons. The maximum Gasteiger partial charge on any atom is 0.252 e. The summed E-state index contributed by atoms with van der Waals surface area (Å²) in [5.74, 6) is 0.430. The number of rotatable bonds is 7. The van der Waals surface area contributed by atoms with Crippen LogP contribution in [0.3, 0.4) is 0 Å². The van der Waals surface area contributed by atoms with E-state index < -0.39 is 5.91 Å². The van der Waals surface area contributed by atoms with Gasteiger partial charge in [0.1, 0.15) is 12.4 Å². The molecule has 0 aliphatic rings. The van der Waals surface area contributed by atoms with Crippen molar-refractivity contribution in [3.63, 3.8) is 0 Å². The van der Waals surface area contributed by atoms with Crippen LogP contribution in [0.15, 0.2) is 24.3 Å². The molecule has 0 saturated heterocycles. The molecule has 0 aromatic heterocycles. The minimum absolute atomic E-state index is 0.362. The minimum Gasteiger partial charge on any atom is -0.490 e. The summed E-state index contributed by atoms with van der Waals surface area (Å²) in [4.78, 5) is 11.1. The highest BCUT2D eigenvalue weighted by Crippen LogP contribution is 2.16. The van der Waals surface area contributed by atoms with E-state index in [1.54, 1.807) is 24.3 Å². The Balaban J connectivity index is 2.44. The lowest BCUT2D eigenvalue weighted by molar-refractivity contribution is 0.0980. The van der Waals surface area contributed by atoms with Crippen molar-refractivity contribution in [2.45, 2.75) is 0 Å². The molecule has 1 amide bonds. The number of carbonyl (C=O) groups is 1. The number of ether oxygens (including phenoxy) is 2. The molecule has 5 heteroatoms. The minimum atomic E-state index is -0.503. The summed E-state index contributed by atoms with van der Waals surface area (Å²) < 4.78 is 10.5.